The zero-order chi connectivity index (χ0) is 17.2. The van der Waals surface area contributed by atoms with Crippen LogP contribution in [0.25, 0.3) is 0 Å². The molecule has 0 fully saturated rings. The summed E-state index contributed by atoms with van der Waals surface area (Å²) in [6.45, 7) is 13.3. The lowest BCUT2D eigenvalue weighted by molar-refractivity contribution is -0.209. The van der Waals surface area contributed by atoms with E-state index in [1.807, 2.05) is 13.8 Å². The third-order valence-electron chi connectivity index (χ3n) is 3.19. The number of hydrogen-bond acceptors (Lipinski definition) is 6. The molecule has 0 rings (SSSR count). The highest BCUT2D eigenvalue weighted by molar-refractivity contribution is 7.80. The summed E-state index contributed by atoms with van der Waals surface area (Å²) < 4.78 is 22.9. The summed E-state index contributed by atoms with van der Waals surface area (Å²) in [5, 5.41) is 0. The predicted molar refractivity (Wildman–Crippen MR) is 98.1 cm³/mol. The Kier molecular flexibility index (Phi) is 11.4. The summed E-state index contributed by atoms with van der Waals surface area (Å²) in [6.07, 6.45) is 1.27. The van der Waals surface area contributed by atoms with Crippen molar-refractivity contribution in [2.24, 2.45) is 0 Å². The summed E-state index contributed by atoms with van der Waals surface area (Å²) in [5.41, 5.74) is -0.544. The quantitative estimate of drug-likeness (QED) is 0.388. The Morgan fingerprint density at radius 1 is 0.727 bits per heavy atom. The van der Waals surface area contributed by atoms with Crippen LogP contribution >= 0.6 is 25.3 Å². The van der Waals surface area contributed by atoms with Crippen molar-refractivity contribution in [3.8, 4) is 0 Å². The molecule has 0 aromatic heterocycles. The highest BCUT2D eigenvalue weighted by Gasteiger charge is 2.28. The first-order chi connectivity index (χ1) is 10.1. The van der Waals surface area contributed by atoms with Gasteiger partial charge in [-0.05, 0) is 54.4 Å². The molecule has 0 N–H and O–H groups in total. The fourth-order valence-corrected chi connectivity index (χ4v) is 2.33. The minimum Gasteiger partial charge on any atom is -0.352 e. The van der Waals surface area contributed by atoms with Crippen LogP contribution in [0.15, 0.2) is 0 Å². The highest BCUT2D eigenvalue weighted by atomic mass is 32.1. The number of rotatable bonds is 13. The van der Waals surface area contributed by atoms with E-state index < -0.39 is 0 Å². The van der Waals surface area contributed by atoms with Crippen LogP contribution in [-0.2, 0) is 18.9 Å². The number of thiol groups is 2. The van der Waals surface area contributed by atoms with Gasteiger partial charge in [-0.3, -0.25) is 0 Å². The van der Waals surface area contributed by atoms with E-state index in [2.05, 4.69) is 53.0 Å². The van der Waals surface area contributed by atoms with Crippen molar-refractivity contribution < 1.29 is 18.9 Å². The molecule has 2 atom stereocenters. The van der Waals surface area contributed by atoms with Gasteiger partial charge in [0.1, 0.15) is 0 Å². The van der Waals surface area contributed by atoms with Gasteiger partial charge < -0.3 is 18.9 Å². The molecule has 0 aromatic rings. The van der Waals surface area contributed by atoms with Gasteiger partial charge in [0.25, 0.3) is 0 Å². The van der Waals surface area contributed by atoms with Crippen molar-refractivity contribution in [3.05, 3.63) is 0 Å². The minimum absolute atomic E-state index is 0.233. The average Bonchev–Trinajstić information content (AvgIpc) is 2.40. The predicted octanol–water partition coefficient (Wildman–Crippen LogP) is 3.94. The molecule has 0 aromatic carbocycles. The standard InChI is InChI=1S/C16H34O4S2/c1-13(17-9-11-21)19-15(3,4)7-8-16(5,6)20-14(2)18-10-12-22/h13-14,21-22H,7-12H2,1-6H3. The van der Waals surface area contributed by atoms with Gasteiger partial charge in [-0.15, -0.1) is 0 Å². The SMILES string of the molecule is CC(OCCS)OC(C)(C)CCC(C)(C)OC(C)OCCS. The van der Waals surface area contributed by atoms with E-state index in [9.17, 15) is 0 Å². The van der Waals surface area contributed by atoms with Crippen LogP contribution in [0.5, 0.6) is 0 Å². The van der Waals surface area contributed by atoms with Gasteiger partial charge in [0.15, 0.2) is 12.6 Å². The van der Waals surface area contributed by atoms with Crippen molar-refractivity contribution >= 4 is 25.3 Å². The summed E-state index contributed by atoms with van der Waals surface area (Å²) in [7, 11) is 0. The molecule has 0 saturated heterocycles. The second-order valence-corrected chi connectivity index (χ2v) is 7.47. The van der Waals surface area contributed by atoms with E-state index in [1.54, 1.807) is 0 Å². The van der Waals surface area contributed by atoms with E-state index in [1.165, 1.54) is 0 Å². The molecule has 22 heavy (non-hydrogen) atoms. The fraction of sp³-hybridized carbons (Fsp3) is 1.00. The monoisotopic (exact) mass is 354 g/mol. The van der Waals surface area contributed by atoms with Crippen LogP contribution in [0.4, 0.5) is 0 Å². The Balaban J connectivity index is 4.19. The van der Waals surface area contributed by atoms with E-state index in [4.69, 9.17) is 18.9 Å². The second-order valence-electron chi connectivity index (χ2n) is 6.58. The second kappa shape index (κ2) is 11.2. The molecule has 0 spiro atoms. The molecule has 0 aliphatic heterocycles. The van der Waals surface area contributed by atoms with E-state index in [0.29, 0.717) is 24.7 Å². The van der Waals surface area contributed by atoms with E-state index in [0.717, 1.165) is 12.8 Å². The van der Waals surface area contributed by atoms with Crippen molar-refractivity contribution in [1.29, 1.82) is 0 Å². The largest absolute Gasteiger partial charge is 0.352 e. The number of hydrogen-bond donors (Lipinski definition) is 2. The zero-order valence-corrected chi connectivity index (χ0v) is 16.7. The molecular formula is C16H34O4S2. The Hall–Kier alpha value is 0.540. The molecule has 0 saturated carbocycles. The van der Waals surface area contributed by atoms with Crippen molar-refractivity contribution in [1.82, 2.24) is 0 Å². The summed E-state index contributed by atoms with van der Waals surface area (Å²) in [5.74, 6) is 1.39. The normalized spacial score (nSPS) is 15.8. The molecular weight excluding hydrogens is 320 g/mol. The van der Waals surface area contributed by atoms with Crippen LogP contribution in [0.3, 0.4) is 0 Å². The smallest absolute Gasteiger partial charge is 0.155 e. The van der Waals surface area contributed by atoms with E-state index >= 15 is 0 Å². The molecule has 4 nitrogen and oxygen atoms in total. The molecule has 0 aliphatic carbocycles. The lowest BCUT2D eigenvalue weighted by Crippen LogP contribution is -2.36. The van der Waals surface area contributed by atoms with Gasteiger partial charge in [0, 0.05) is 11.5 Å². The minimum atomic E-state index is -0.272. The Morgan fingerprint density at radius 2 is 1.05 bits per heavy atom. The van der Waals surface area contributed by atoms with Gasteiger partial charge in [-0.2, -0.15) is 25.3 Å². The van der Waals surface area contributed by atoms with Gasteiger partial charge in [-0.25, -0.2) is 0 Å². The highest BCUT2D eigenvalue weighted by Crippen LogP contribution is 2.27. The van der Waals surface area contributed by atoms with Crippen LogP contribution in [0, 0.1) is 0 Å². The molecule has 0 amide bonds. The van der Waals surface area contributed by atoms with Gasteiger partial charge in [0.05, 0.1) is 24.4 Å². The lowest BCUT2D eigenvalue weighted by Gasteiger charge is -2.34. The van der Waals surface area contributed by atoms with E-state index in [-0.39, 0.29) is 23.8 Å². The molecule has 2 unspecified atom stereocenters. The Morgan fingerprint density at radius 3 is 1.32 bits per heavy atom. The van der Waals surface area contributed by atoms with Crippen LogP contribution in [0.2, 0.25) is 0 Å². The van der Waals surface area contributed by atoms with Crippen LogP contribution in [-0.4, -0.2) is 48.5 Å². The summed E-state index contributed by atoms with van der Waals surface area (Å²) >= 11 is 8.26. The lowest BCUT2D eigenvalue weighted by atomic mass is 9.93. The van der Waals surface area contributed by atoms with Gasteiger partial charge in [-0.1, -0.05) is 0 Å². The maximum atomic E-state index is 5.95. The molecule has 134 valence electrons. The first kappa shape index (κ1) is 22.5. The maximum Gasteiger partial charge on any atom is 0.155 e. The molecule has 6 heteroatoms. The summed E-state index contributed by atoms with van der Waals surface area (Å²) in [6, 6.07) is 0. The Labute approximate surface area is 147 Å². The summed E-state index contributed by atoms with van der Waals surface area (Å²) in [4.78, 5) is 0. The molecule has 0 radical (unpaired) electrons. The van der Waals surface area contributed by atoms with Crippen LogP contribution in [0.1, 0.15) is 54.4 Å². The van der Waals surface area contributed by atoms with Crippen molar-refractivity contribution in [3.63, 3.8) is 0 Å². The van der Waals surface area contributed by atoms with Crippen molar-refractivity contribution in [2.45, 2.75) is 78.2 Å². The molecule has 0 bridgehead atoms. The average molecular weight is 355 g/mol. The number of ether oxygens (including phenoxy) is 4. The van der Waals surface area contributed by atoms with Gasteiger partial charge in [0.2, 0.25) is 0 Å². The first-order valence-electron chi connectivity index (χ1n) is 7.92. The topological polar surface area (TPSA) is 36.9 Å². The molecule has 0 heterocycles. The zero-order valence-electron chi connectivity index (χ0n) is 14.9. The van der Waals surface area contributed by atoms with Crippen molar-refractivity contribution in [2.75, 3.05) is 24.7 Å². The Bertz CT molecular complexity index is 257. The fourth-order valence-electron chi connectivity index (χ4n) is 2.12. The maximum absolute atomic E-state index is 5.95. The van der Waals surface area contributed by atoms with Crippen LogP contribution < -0.4 is 0 Å². The third-order valence-corrected chi connectivity index (χ3v) is 3.55. The first-order valence-corrected chi connectivity index (χ1v) is 9.19. The molecule has 0 aliphatic rings. The third kappa shape index (κ3) is 12.0. The van der Waals surface area contributed by atoms with Gasteiger partial charge >= 0.3 is 0 Å².